The summed E-state index contributed by atoms with van der Waals surface area (Å²) in [6.07, 6.45) is 7.70. The topological polar surface area (TPSA) is 33.2 Å². The first-order valence-electron chi connectivity index (χ1n) is 7.19. The van der Waals surface area contributed by atoms with E-state index in [1.165, 1.54) is 5.56 Å². The van der Waals surface area contributed by atoms with Crippen LogP contribution < -0.4 is 0 Å². The van der Waals surface area contributed by atoms with Gasteiger partial charge in [0.15, 0.2) is 5.78 Å². The molecule has 0 fully saturated rings. The highest BCUT2D eigenvalue weighted by Gasteiger charge is 2.28. The lowest BCUT2D eigenvalue weighted by molar-refractivity contribution is -0.116. The van der Waals surface area contributed by atoms with Crippen LogP contribution in [0, 0.1) is 0 Å². The van der Waals surface area contributed by atoms with E-state index in [4.69, 9.17) is 0 Å². The molecule has 0 saturated carbocycles. The largest absolute Gasteiger partial charge is 0.363 e. The molecule has 1 aromatic carbocycles. The van der Waals surface area contributed by atoms with Crippen LogP contribution in [0.5, 0.6) is 0 Å². The second-order valence-electron chi connectivity index (χ2n) is 5.32. The summed E-state index contributed by atoms with van der Waals surface area (Å²) in [6.45, 7) is 2.17. The first kappa shape index (κ1) is 13.6. The Labute approximate surface area is 124 Å². The van der Waals surface area contributed by atoms with Gasteiger partial charge in [0.1, 0.15) is 0 Å². The SMILES string of the molecule is C[C@@H](c1ccccc1)N1C=CC(=O)C[C@H]1c1cccnc1. The van der Waals surface area contributed by atoms with E-state index in [1.54, 1.807) is 12.3 Å². The molecule has 21 heavy (non-hydrogen) atoms. The molecule has 106 valence electrons. The highest BCUT2D eigenvalue weighted by Crippen LogP contribution is 2.35. The van der Waals surface area contributed by atoms with Crippen molar-refractivity contribution in [3.8, 4) is 0 Å². The van der Waals surface area contributed by atoms with Crippen LogP contribution in [-0.4, -0.2) is 15.7 Å². The van der Waals surface area contributed by atoms with Gasteiger partial charge in [-0.15, -0.1) is 0 Å². The number of hydrogen-bond acceptors (Lipinski definition) is 3. The van der Waals surface area contributed by atoms with Crippen molar-refractivity contribution in [1.82, 2.24) is 9.88 Å². The smallest absolute Gasteiger partial charge is 0.159 e. The Kier molecular flexibility index (Phi) is 3.82. The third-order valence-electron chi connectivity index (χ3n) is 3.99. The quantitative estimate of drug-likeness (QED) is 0.858. The number of ketones is 1. The molecular weight excluding hydrogens is 260 g/mol. The van der Waals surface area contributed by atoms with Gasteiger partial charge in [0.2, 0.25) is 0 Å². The molecule has 1 aromatic heterocycles. The van der Waals surface area contributed by atoms with Gasteiger partial charge in [-0.3, -0.25) is 9.78 Å². The minimum absolute atomic E-state index is 0.0476. The molecule has 0 N–H and O–H groups in total. The van der Waals surface area contributed by atoms with E-state index < -0.39 is 0 Å². The summed E-state index contributed by atoms with van der Waals surface area (Å²) in [7, 11) is 0. The van der Waals surface area contributed by atoms with E-state index in [-0.39, 0.29) is 17.9 Å². The maximum atomic E-state index is 11.8. The van der Waals surface area contributed by atoms with Gasteiger partial charge in [0.05, 0.1) is 12.1 Å². The van der Waals surface area contributed by atoms with Crippen LogP contribution in [0.15, 0.2) is 67.1 Å². The lowest BCUT2D eigenvalue weighted by atomic mass is 9.95. The number of carbonyl (C=O) groups excluding carboxylic acids is 1. The Morgan fingerprint density at radius 3 is 2.71 bits per heavy atom. The molecule has 3 nitrogen and oxygen atoms in total. The van der Waals surface area contributed by atoms with Crippen molar-refractivity contribution in [3.05, 3.63) is 78.3 Å². The number of pyridine rings is 1. The zero-order valence-corrected chi connectivity index (χ0v) is 12.0. The standard InChI is InChI=1S/C18H18N2O/c1-14(15-6-3-2-4-7-15)20-11-9-17(21)12-18(20)16-8-5-10-19-13-16/h2-11,13-14,18H,12H2,1H3/t14-,18-/m0/s1. The van der Waals surface area contributed by atoms with Gasteiger partial charge in [-0.25, -0.2) is 0 Å². The Hall–Kier alpha value is -2.42. The van der Waals surface area contributed by atoms with Crippen molar-refractivity contribution in [1.29, 1.82) is 0 Å². The van der Waals surface area contributed by atoms with Crippen LogP contribution in [0.2, 0.25) is 0 Å². The van der Waals surface area contributed by atoms with E-state index in [0.29, 0.717) is 6.42 Å². The van der Waals surface area contributed by atoms with Gasteiger partial charge in [0.25, 0.3) is 0 Å². The molecule has 3 rings (SSSR count). The van der Waals surface area contributed by atoms with E-state index >= 15 is 0 Å². The summed E-state index contributed by atoms with van der Waals surface area (Å²) in [4.78, 5) is 18.3. The van der Waals surface area contributed by atoms with E-state index in [9.17, 15) is 4.79 Å². The third-order valence-corrected chi connectivity index (χ3v) is 3.99. The highest BCUT2D eigenvalue weighted by molar-refractivity contribution is 5.90. The second-order valence-corrected chi connectivity index (χ2v) is 5.32. The molecule has 0 saturated heterocycles. The van der Waals surface area contributed by atoms with Crippen LogP contribution in [0.4, 0.5) is 0 Å². The molecule has 0 unspecified atom stereocenters. The lowest BCUT2D eigenvalue weighted by Crippen LogP contribution is -2.31. The molecule has 2 heterocycles. The van der Waals surface area contributed by atoms with Crippen molar-refractivity contribution < 1.29 is 4.79 Å². The normalized spacial score (nSPS) is 19.6. The molecule has 0 radical (unpaired) electrons. The van der Waals surface area contributed by atoms with Gasteiger partial charge in [0, 0.05) is 25.0 Å². The van der Waals surface area contributed by atoms with Crippen LogP contribution in [0.25, 0.3) is 0 Å². The summed E-state index contributed by atoms with van der Waals surface area (Å²) in [5.41, 5.74) is 2.32. The number of hydrogen-bond donors (Lipinski definition) is 0. The Morgan fingerprint density at radius 1 is 1.19 bits per heavy atom. The Bertz CT molecular complexity index is 637. The Morgan fingerprint density at radius 2 is 2.00 bits per heavy atom. The average Bonchev–Trinajstić information content (AvgIpc) is 2.56. The minimum atomic E-state index is 0.0476. The summed E-state index contributed by atoms with van der Waals surface area (Å²) in [5.74, 6) is 0.167. The van der Waals surface area contributed by atoms with Gasteiger partial charge in [-0.1, -0.05) is 36.4 Å². The molecule has 0 amide bonds. The Balaban J connectivity index is 1.94. The first-order valence-corrected chi connectivity index (χ1v) is 7.19. The number of nitrogens with zero attached hydrogens (tertiary/aromatic N) is 2. The number of benzene rings is 1. The summed E-state index contributed by atoms with van der Waals surface area (Å²) in [5, 5.41) is 0. The van der Waals surface area contributed by atoms with Gasteiger partial charge >= 0.3 is 0 Å². The molecule has 0 aliphatic carbocycles. The van der Waals surface area contributed by atoms with E-state index in [0.717, 1.165) is 5.56 Å². The predicted octanol–water partition coefficient (Wildman–Crippen LogP) is 3.67. The molecule has 0 spiro atoms. The maximum absolute atomic E-state index is 11.8. The van der Waals surface area contributed by atoms with Crippen molar-refractivity contribution in [2.75, 3.05) is 0 Å². The highest BCUT2D eigenvalue weighted by atomic mass is 16.1. The van der Waals surface area contributed by atoms with E-state index in [1.807, 2.05) is 42.7 Å². The van der Waals surface area contributed by atoms with Crippen LogP contribution >= 0.6 is 0 Å². The average molecular weight is 278 g/mol. The molecule has 2 aromatic rings. The minimum Gasteiger partial charge on any atom is -0.363 e. The zero-order valence-electron chi connectivity index (χ0n) is 12.0. The lowest BCUT2D eigenvalue weighted by Gasteiger charge is -2.38. The van der Waals surface area contributed by atoms with E-state index in [2.05, 4.69) is 28.9 Å². The fraction of sp³-hybridized carbons (Fsp3) is 0.222. The van der Waals surface area contributed by atoms with Gasteiger partial charge < -0.3 is 4.90 Å². The number of carbonyl (C=O) groups is 1. The second kappa shape index (κ2) is 5.92. The third kappa shape index (κ3) is 2.87. The molecule has 1 aliphatic heterocycles. The first-order chi connectivity index (χ1) is 10.3. The summed E-state index contributed by atoms with van der Waals surface area (Å²) >= 11 is 0. The molecular formula is C18H18N2O. The van der Waals surface area contributed by atoms with Crippen LogP contribution in [0.1, 0.15) is 36.6 Å². The summed E-state index contributed by atoms with van der Waals surface area (Å²) in [6, 6.07) is 14.6. The van der Waals surface area contributed by atoms with Gasteiger partial charge in [-0.2, -0.15) is 0 Å². The van der Waals surface area contributed by atoms with Crippen molar-refractivity contribution >= 4 is 5.78 Å². The van der Waals surface area contributed by atoms with Crippen molar-refractivity contribution in [3.63, 3.8) is 0 Å². The van der Waals surface area contributed by atoms with Crippen LogP contribution in [0.3, 0.4) is 0 Å². The zero-order chi connectivity index (χ0) is 14.7. The predicted molar refractivity (Wildman–Crippen MR) is 82.4 cm³/mol. The number of rotatable bonds is 3. The number of aromatic nitrogens is 1. The monoisotopic (exact) mass is 278 g/mol. The molecule has 2 atom stereocenters. The number of allylic oxidation sites excluding steroid dienone is 1. The van der Waals surface area contributed by atoms with Crippen LogP contribution in [-0.2, 0) is 4.79 Å². The van der Waals surface area contributed by atoms with Crippen molar-refractivity contribution in [2.45, 2.75) is 25.4 Å². The fourth-order valence-corrected chi connectivity index (χ4v) is 2.80. The maximum Gasteiger partial charge on any atom is 0.159 e. The van der Waals surface area contributed by atoms with Gasteiger partial charge in [-0.05, 0) is 30.2 Å². The summed E-state index contributed by atoms with van der Waals surface area (Å²) < 4.78 is 0. The molecule has 1 aliphatic rings. The molecule has 0 bridgehead atoms. The fourth-order valence-electron chi connectivity index (χ4n) is 2.80. The van der Waals surface area contributed by atoms with Crippen molar-refractivity contribution in [2.24, 2.45) is 0 Å². The molecule has 3 heteroatoms.